The van der Waals surface area contributed by atoms with E-state index in [-0.39, 0.29) is 0 Å². The molecule has 1 atom stereocenters. The van der Waals surface area contributed by atoms with Crippen LogP contribution in [0.5, 0.6) is 5.75 Å². The summed E-state index contributed by atoms with van der Waals surface area (Å²) in [6.07, 6.45) is 0.594. The second kappa shape index (κ2) is 5.45. The van der Waals surface area contributed by atoms with E-state index in [0.717, 1.165) is 22.4 Å². The summed E-state index contributed by atoms with van der Waals surface area (Å²) in [4.78, 5) is 0. The lowest BCUT2D eigenvalue weighted by Gasteiger charge is -2.29. The highest BCUT2D eigenvalue weighted by molar-refractivity contribution is 5.46. The Morgan fingerprint density at radius 3 is 2.37 bits per heavy atom. The van der Waals surface area contributed by atoms with Crippen molar-refractivity contribution in [2.75, 3.05) is 7.11 Å². The first-order valence-electron chi connectivity index (χ1n) is 6.55. The van der Waals surface area contributed by atoms with Crippen LogP contribution in [-0.4, -0.2) is 12.2 Å². The summed E-state index contributed by atoms with van der Waals surface area (Å²) in [5, 5.41) is 11.1. The van der Waals surface area contributed by atoms with E-state index in [1.807, 2.05) is 62.4 Å². The molecular weight excluding hydrogens is 236 g/mol. The van der Waals surface area contributed by atoms with Crippen molar-refractivity contribution < 1.29 is 9.84 Å². The Kier molecular flexibility index (Phi) is 3.91. The molecule has 0 heterocycles. The summed E-state index contributed by atoms with van der Waals surface area (Å²) in [6, 6.07) is 15.6. The zero-order valence-corrected chi connectivity index (χ0v) is 11.7. The molecule has 0 amide bonds. The van der Waals surface area contributed by atoms with Gasteiger partial charge in [0.1, 0.15) is 11.4 Å². The number of benzene rings is 2. The predicted molar refractivity (Wildman–Crippen MR) is 77.5 cm³/mol. The Morgan fingerprint density at radius 2 is 1.79 bits per heavy atom. The van der Waals surface area contributed by atoms with Crippen LogP contribution in [0.2, 0.25) is 0 Å². The highest BCUT2D eigenvalue weighted by atomic mass is 16.5. The standard InChI is InChI=1S/C17H20O2/c1-4-17(18,14-8-6-5-7-9-14)15-12-13(2)10-11-16(15)19-3/h5-12,18H,4H2,1-3H3. The van der Waals surface area contributed by atoms with E-state index < -0.39 is 5.60 Å². The number of rotatable bonds is 4. The molecule has 1 N–H and O–H groups in total. The molecular formula is C17H20O2. The summed E-state index contributed by atoms with van der Waals surface area (Å²) in [6.45, 7) is 4.00. The van der Waals surface area contributed by atoms with Gasteiger partial charge in [-0.2, -0.15) is 0 Å². The average molecular weight is 256 g/mol. The maximum Gasteiger partial charge on any atom is 0.125 e. The number of aryl methyl sites for hydroxylation is 1. The van der Waals surface area contributed by atoms with Gasteiger partial charge in [0.2, 0.25) is 0 Å². The van der Waals surface area contributed by atoms with E-state index in [1.54, 1.807) is 7.11 Å². The Hall–Kier alpha value is -1.80. The highest BCUT2D eigenvalue weighted by Crippen LogP contribution is 2.38. The van der Waals surface area contributed by atoms with Crippen LogP contribution in [0.15, 0.2) is 48.5 Å². The molecule has 2 aromatic rings. The van der Waals surface area contributed by atoms with Gasteiger partial charge in [-0.3, -0.25) is 0 Å². The van der Waals surface area contributed by atoms with E-state index in [4.69, 9.17) is 4.74 Å². The normalized spacial score (nSPS) is 13.9. The Labute approximate surface area is 114 Å². The second-order valence-electron chi connectivity index (χ2n) is 4.78. The van der Waals surface area contributed by atoms with Crippen LogP contribution in [0.1, 0.15) is 30.0 Å². The Bertz CT molecular complexity index is 548. The van der Waals surface area contributed by atoms with E-state index >= 15 is 0 Å². The monoisotopic (exact) mass is 256 g/mol. The van der Waals surface area contributed by atoms with Crippen LogP contribution in [0, 0.1) is 6.92 Å². The Morgan fingerprint density at radius 1 is 1.11 bits per heavy atom. The number of hydrogen-bond acceptors (Lipinski definition) is 2. The first-order chi connectivity index (χ1) is 9.11. The van der Waals surface area contributed by atoms with E-state index in [9.17, 15) is 5.11 Å². The van der Waals surface area contributed by atoms with Crippen molar-refractivity contribution in [2.24, 2.45) is 0 Å². The predicted octanol–water partition coefficient (Wildman–Crippen LogP) is 3.65. The van der Waals surface area contributed by atoms with Crippen molar-refractivity contribution in [1.29, 1.82) is 0 Å². The fourth-order valence-electron chi connectivity index (χ4n) is 2.41. The van der Waals surface area contributed by atoms with Crippen molar-refractivity contribution in [3.63, 3.8) is 0 Å². The summed E-state index contributed by atoms with van der Waals surface area (Å²) in [7, 11) is 1.63. The molecule has 0 aliphatic carbocycles. The van der Waals surface area contributed by atoms with Crippen LogP contribution in [-0.2, 0) is 5.60 Å². The van der Waals surface area contributed by atoms with Crippen LogP contribution in [0.3, 0.4) is 0 Å². The molecule has 2 heteroatoms. The number of aliphatic hydroxyl groups is 1. The molecule has 19 heavy (non-hydrogen) atoms. The second-order valence-corrected chi connectivity index (χ2v) is 4.78. The van der Waals surface area contributed by atoms with Gasteiger partial charge in [-0.15, -0.1) is 0 Å². The fraction of sp³-hybridized carbons (Fsp3) is 0.294. The van der Waals surface area contributed by atoms with Gasteiger partial charge < -0.3 is 9.84 Å². The smallest absolute Gasteiger partial charge is 0.125 e. The van der Waals surface area contributed by atoms with Crippen molar-refractivity contribution in [1.82, 2.24) is 0 Å². The molecule has 0 aromatic heterocycles. The van der Waals surface area contributed by atoms with E-state index in [1.165, 1.54) is 0 Å². The minimum Gasteiger partial charge on any atom is -0.496 e. The number of hydrogen-bond donors (Lipinski definition) is 1. The highest BCUT2D eigenvalue weighted by Gasteiger charge is 2.32. The molecule has 2 aromatic carbocycles. The van der Waals surface area contributed by atoms with Crippen LogP contribution < -0.4 is 4.74 Å². The van der Waals surface area contributed by atoms with Crippen molar-refractivity contribution in [3.05, 3.63) is 65.2 Å². The molecule has 1 unspecified atom stereocenters. The molecule has 0 aliphatic rings. The van der Waals surface area contributed by atoms with Gasteiger partial charge in [-0.25, -0.2) is 0 Å². The molecule has 0 aliphatic heterocycles. The molecule has 0 fully saturated rings. The van der Waals surface area contributed by atoms with Crippen LogP contribution in [0.25, 0.3) is 0 Å². The molecule has 0 saturated carbocycles. The summed E-state index contributed by atoms with van der Waals surface area (Å²) in [5.74, 6) is 0.721. The van der Waals surface area contributed by atoms with Crippen molar-refractivity contribution >= 4 is 0 Å². The lowest BCUT2D eigenvalue weighted by atomic mass is 9.83. The fourth-order valence-corrected chi connectivity index (χ4v) is 2.41. The summed E-state index contributed by atoms with van der Waals surface area (Å²) >= 11 is 0. The zero-order valence-electron chi connectivity index (χ0n) is 11.7. The van der Waals surface area contributed by atoms with Crippen molar-refractivity contribution in [3.8, 4) is 5.75 Å². The third kappa shape index (κ3) is 2.49. The van der Waals surface area contributed by atoms with Gasteiger partial charge in [0, 0.05) is 5.56 Å². The van der Waals surface area contributed by atoms with Crippen molar-refractivity contribution in [2.45, 2.75) is 25.9 Å². The lowest BCUT2D eigenvalue weighted by molar-refractivity contribution is 0.0736. The molecule has 0 saturated heterocycles. The summed E-state index contributed by atoms with van der Waals surface area (Å²) < 4.78 is 5.41. The molecule has 0 spiro atoms. The molecule has 2 nitrogen and oxygen atoms in total. The lowest BCUT2D eigenvalue weighted by Crippen LogP contribution is -2.27. The zero-order chi connectivity index (χ0) is 13.9. The topological polar surface area (TPSA) is 29.5 Å². The average Bonchev–Trinajstić information content (AvgIpc) is 2.47. The van der Waals surface area contributed by atoms with E-state index in [0.29, 0.717) is 6.42 Å². The molecule has 0 radical (unpaired) electrons. The molecule has 0 bridgehead atoms. The maximum atomic E-state index is 11.1. The quantitative estimate of drug-likeness (QED) is 0.904. The van der Waals surface area contributed by atoms with Crippen LogP contribution >= 0.6 is 0 Å². The molecule has 100 valence electrons. The minimum atomic E-state index is -1.02. The van der Waals surface area contributed by atoms with Gasteiger partial charge in [0.05, 0.1) is 7.11 Å². The van der Waals surface area contributed by atoms with E-state index in [2.05, 4.69) is 0 Å². The first-order valence-corrected chi connectivity index (χ1v) is 6.55. The maximum absolute atomic E-state index is 11.1. The Balaban J connectivity index is 2.62. The molecule has 2 rings (SSSR count). The van der Waals surface area contributed by atoms with Gasteiger partial charge in [-0.1, -0.05) is 48.9 Å². The SMILES string of the molecule is CCC(O)(c1ccccc1)c1cc(C)ccc1OC. The minimum absolute atomic E-state index is 0.594. The van der Waals surface area contributed by atoms with Crippen LogP contribution in [0.4, 0.5) is 0 Å². The summed E-state index contributed by atoms with van der Waals surface area (Å²) in [5.41, 5.74) is 1.81. The van der Waals surface area contributed by atoms with Gasteiger partial charge in [0.15, 0.2) is 0 Å². The van der Waals surface area contributed by atoms with Gasteiger partial charge in [0.25, 0.3) is 0 Å². The number of methoxy groups -OCH3 is 1. The number of ether oxygens (including phenoxy) is 1. The van der Waals surface area contributed by atoms with Gasteiger partial charge >= 0.3 is 0 Å². The first kappa shape index (κ1) is 13.6. The largest absolute Gasteiger partial charge is 0.496 e. The third-order valence-electron chi connectivity index (χ3n) is 3.56. The van der Waals surface area contributed by atoms with Gasteiger partial charge in [-0.05, 0) is 31.0 Å². The third-order valence-corrected chi connectivity index (χ3v) is 3.56.